The quantitative estimate of drug-likeness (QED) is 0.706. The maximum atomic E-state index is 12.7. The summed E-state index contributed by atoms with van der Waals surface area (Å²) in [6, 6.07) is 1.70. The Morgan fingerprint density at radius 3 is 2.62 bits per heavy atom. The molecule has 2 amide bonds. The Hall–Kier alpha value is -1.72. The zero-order valence-corrected chi connectivity index (χ0v) is 8.35. The minimum atomic E-state index is -4.48. The molecule has 0 saturated carbocycles. The van der Waals surface area contributed by atoms with E-state index in [-0.39, 0.29) is 11.3 Å². The summed E-state index contributed by atoms with van der Waals surface area (Å²) in [5.74, 6) is 0. The Morgan fingerprint density at radius 1 is 1.31 bits per heavy atom. The second kappa shape index (κ2) is 3.40. The van der Waals surface area contributed by atoms with Crippen LogP contribution in [0.1, 0.15) is 17.2 Å². The Bertz CT molecular complexity index is 442. The number of nitrogens with one attached hydrogen (secondary N) is 2. The summed E-state index contributed by atoms with van der Waals surface area (Å²) in [4.78, 5) is 11.1. The summed E-state index contributed by atoms with van der Waals surface area (Å²) < 4.78 is 38.0. The van der Waals surface area contributed by atoms with Crippen molar-refractivity contribution in [3.8, 4) is 0 Å². The number of rotatable bonds is 0. The van der Waals surface area contributed by atoms with E-state index in [4.69, 9.17) is 0 Å². The van der Waals surface area contributed by atoms with Crippen molar-refractivity contribution in [2.45, 2.75) is 19.1 Å². The number of amides is 2. The largest absolute Gasteiger partial charge is 0.413 e. The SMILES string of the molecule is Cc1ccc2c(c1)NC(=O)NC2C(F)(F)F. The maximum Gasteiger partial charge on any atom is 0.413 e. The molecule has 16 heavy (non-hydrogen) atoms. The van der Waals surface area contributed by atoms with Crippen LogP contribution in [0.4, 0.5) is 23.7 Å². The van der Waals surface area contributed by atoms with Gasteiger partial charge in [0.15, 0.2) is 6.04 Å². The van der Waals surface area contributed by atoms with Crippen molar-refractivity contribution in [3.63, 3.8) is 0 Å². The van der Waals surface area contributed by atoms with Crippen molar-refractivity contribution in [3.05, 3.63) is 29.3 Å². The molecule has 0 bridgehead atoms. The molecular weight excluding hydrogens is 221 g/mol. The molecule has 1 aromatic rings. The predicted octanol–water partition coefficient (Wildman–Crippen LogP) is 2.73. The minimum Gasteiger partial charge on any atom is -0.322 e. The number of urea groups is 1. The molecule has 2 N–H and O–H groups in total. The van der Waals surface area contributed by atoms with Gasteiger partial charge in [0.05, 0.1) is 0 Å². The highest BCUT2D eigenvalue weighted by atomic mass is 19.4. The van der Waals surface area contributed by atoms with Gasteiger partial charge >= 0.3 is 12.2 Å². The fraction of sp³-hybridized carbons (Fsp3) is 0.300. The number of fused-ring (bicyclic) bond motifs is 1. The standard InChI is InChI=1S/C10H9F3N2O/c1-5-2-3-6-7(4-5)14-9(16)15-8(6)10(11,12)13/h2-4,8H,1H3,(H2,14,15,16). The summed E-state index contributed by atoms with van der Waals surface area (Å²) in [7, 11) is 0. The van der Waals surface area contributed by atoms with Crippen molar-refractivity contribution in [2.75, 3.05) is 5.32 Å². The summed E-state index contributed by atoms with van der Waals surface area (Å²) in [6.07, 6.45) is -4.48. The molecule has 1 aliphatic heterocycles. The molecule has 1 aliphatic rings. The number of hydrogen-bond donors (Lipinski definition) is 2. The van der Waals surface area contributed by atoms with Gasteiger partial charge in [0.1, 0.15) is 0 Å². The molecule has 1 aromatic carbocycles. The summed E-state index contributed by atoms with van der Waals surface area (Å²) in [5, 5.41) is 4.21. The highest BCUT2D eigenvalue weighted by molar-refractivity contribution is 5.93. The molecule has 3 nitrogen and oxygen atoms in total. The second-order valence-corrected chi connectivity index (χ2v) is 3.66. The molecule has 1 heterocycles. The third-order valence-corrected chi connectivity index (χ3v) is 2.37. The zero-order valence-electron chi connectivity index (χ0n) is 8.35. The first-order chi connectivity index (χ1) is 7.38. The van der Waals surface area contributed by atoms with E-state index in [1.807, 2.05) is 5.32 Å². The van der Waals surface area contributed by atoms with E-state index in [9.17, 15) is 18.0 Å². The minimum absolute atomic E-state index is 0.0395. The Morgan fingerprint density at radius 2 is 2.00 bits per heavy atom. The van der Waals surface area contributed by atoms with E-state index in [2.05, 4.69) is 5.32 Å². The normalized spacial score (nSPS) is 19.8. The van der Waals surface area contributed by atoms with Crippen molar-refractivity contribution < 1.29 is 18.0 Å². The summed E-state index contributed by atoms with van der Waals surface area (Å²) in [5.41, 5.74) is 1.05. The highest BCUT2D eigenvalue weighted by Gasteiger charge is 2.44. The smallest absolute Gasteiger partial charge is 0.322 e. The van der Waals surface area contributed by atoms with Gasteiger partial charge in [-0.05, 0) is 18.6 Å². The Kier molecular flexibility index (Phi) is 2.29. The topological polar surface area (TPSA) is 41.1 Å². The third kappa shape index (κ3) is 1.82. The van der Waals surface area contributed by atoms with Crippen LogP contribution < -0.4 is 10.6 Å². The van der Waals surface area contributed by atoms with Crippen LogP contribution in [0.15, 0.2) is 18.2 Å². The number of aryl methyl sites for hydroxylation is 1. The van der Waals surface area contributed by atoms with Gasteiger partial charge in [-0.1, -0.05) is 12.1 Å². The van der Waals surface area contributed by atoms with Crippen LogP contribution in [0.5, 0.6) is 0 Å². The highest BCUT2D eigenvalue weighted by Crippen LogP contribution is 2.38. The van der Waals surface area contributed by atoms with Crippen molar-refractivity contribution in [1.29, 1.82) is 0 Å². The number of alkyl halides is 3. The molecule has 0 radical (unpaired) electrons. The first-order valence-electron chi connectivity index (χ1n) is 4.63. The average molecular weight is 230 g/mol. The molecule has 0 aliphatic carbocycles. The first-order valence-corrected chi connectivity index (χ1v) is 4.63. The fourth-order valence-corrected chi connectivity index (χ4v) is 1.66. The molecule has 0 saturated heterocycles. The van der Waals surface area contributed by atoms with Gasteiger partial charge in [-0.3, -0.25) is 0 Å². The average Bonchev–Trinajstić information content (AvgIpc) is 2.14. The molecule has 86 valence electrons. The maximum absolute atomic E-state index is 12.7. The lowest BCUT2D eigenvalue weighted by molar-refractivity contribution is -0.155. The van der Waals surface area contributed by atoms with Crippen LogP contribution in [0, 0.1) is 6.92 Å². The van der Waals surface area contributed by atoms with Gasteiger partial charge in [0.2, 0.25) is 0 Å². The van der Waals surface area contributed by atoms with Gasteiger partial charge in [-0.2, -0.15) is 13.2 Å². The van der Waals surface area contributed by atoms with E-state index in [1.165, 1.54) is 12.1 Å². The van der Waals surface area contributed by atoms with Crippen LogP contribution in [-0.4, -0.2) is 12.2 Å². The van der Waals surface area contributed by atoms with E-state index >= 15 is 0 Å². The monoisotopic (exact) mass is 230 g/mol. The van der Waals surface area contributed by atoms with Gasteiger partial charge in [-0.15, -0.1) is 0 Å². The van der Waals surface area contributed by atoms with Crippen LogP contribution in [0.3, 0.4) is 0 Å². The van der Waals surface area contributed by atoms with Crippen molar-refractivity contribution >= 4 is 11.7 Å². The Balaban J connectivity index is 2.50. The number of hydrogen-bond acceptors (Lipinski definition) is 1. The molecule has 2 rings (SSSR count). The van der Waals surface area contributed by atoms with Crippen LogP contribution in [-0.2, 0) is 0 Å². The number of benzene rings is 1. The predicted molar refractivity (Wildman–Crippen MR) is 52.1 cm³/mol. The number of carbonyl (C=O) groups excluding carboxylic acids is 1. The van der Waals surface area contributed by atoms with E-state index in [0.29, 0.717) is 0 Å². The van der Waals surface area contributed by atoms with E-state index < -0.39 is 18.2 Å². The lowest BCUT2D eigenvalue weighted by atomic mass is 10.0. The van der Waals surface area contributed by atoms with Gasteiger partial charge in [0.25, 0.3) is 0 Å². The van der Waals surface area contributed by atoms with E-state index in [1.54, 1.807) is 13.0 Å². The fourth-order valence-electron chi connectivity index (χ4n) is 1.66. The van der Waals surface area contributed by atoms with Crippen LogP contribution in [0.25, 0.3) is 0 Å². The van der Waals surface area contributed by atoms with Crippen molar-refractivity contribution in [1.82, 2.24) is 5.32 Å². The molecule has 1 atom stereocenters. The number of carbonyl (C=O) groups is 1. The second-order valence-electron chi connectivity index (χ2n) is 3.66. The molecule has 0 aromatic heterocycles. The van der Waals surface area contributed by atoms with E-state index in [0.717, 1.165) is 5.56 Å². The lowest BCUT2D eigenvalue weighted by Gasteiger charge is -2.29. The number of anilines is 1. The summed E-state index contributed by atoms with van der Waals surface area (Å²) in [6.45, 7) is 1.75. The van der Waals surface area contributed by atoms with Crippen LogP contribution >= 0.6 is 0 Å². The van der Waals surface area contributed by atoms with Crippen LogP contribution in [0.2, 0.25) is 0 Å². The molecule has 1 unspecified atom stereocenters. The van der Waals surface area contributed by atoms with Gasteiger partial charge in [-0.25, -0.2) is 4.79 Å². The van der Waals surface area contributed by atoms with Gasteiger partial charge < -0.3 is 10.6 Å². The molecule has 0 fully saturated rings. The first kappa shape index (κ1) is 10.8. The Labute approximate surface area is 89.6 Å². The molecule has 0 spiro atoms. The molecular formula is C10H9F3N2O. The summed E-state index contributed by atoms with van der Waals surface area (Å²) >= 11 is 0. The van der Waals surface area contributed by atoms with Gasteiger partial charge in [0, 0.05) is 11.3 Å². The number of halogens is 3. The zero-order chi connectivity index (χ0) is 11.9. The lowest BCUT2D eigenvalue weighted by Crippen LogP contribution is -2.44. The molecule has 6 heteroatoms. The third-order valence-electron chi connectivity index (χ3n) is 2.37. The van der Waals surface area contributed by atoms with Crippen molar-refractivity contribution in [2.24, 2.45) is 0 Å².